The Kier molecular flexibility index (Phi) is 5.85. The van der Waals surface area contributed by atoms with Crippen molar-refractivity contribution >= 4 is 11.9 Å². The van der Waals surface area contributed by atoms with Crippen LogP contribution in [0, 0.1) is 0 Å². The van der Waals surface area contributed by atoms with Crippen molar-refractivity contribution in [3.63, 3.8) is 0 Å². The number of carbonyl (C=O) groups is 2. The minimum absolute atomic E-state index is 0.0965. The maximum absolute atomic E-state index is 11.0. The van der Waals surface area contributed by atoms with Gasteiger partial charge in [-0.25, -0.2) is 9.89 Å². The van der Waals surface area contributed by atoms with Gasteiger partial charge in [0.2, 0.25) is 11.6 Å². The molecular weight excluding hydrogens is 364 g/mol. The maximum Gasteiger partial charge on any atom is 0.359 e. The molecule has 0 aliphatic carbocycles. The van der Waals surface area contributed by atoms with Gasteiger partial charge in [-0.15, -0.1) is 0 Å². The molecule has 1 heterocycles. The number of nitrogens with zero attached hydrogens (tertiary/aromatic N) is 2. The minimum Gasteiger partial charge on any atom is -0.492 e. The van der Waals surface area contributed by atoms with Gasteiger partial charge in [-0.1, -0.05) is 34.6 Å². The highest BCUT2D eigenvalue weighted by molar-refractivity contribution is 5.87. The summed E-state index contributed by atoms with van der Waals surface area (Å²) in [6.07, 6.45) is 0. The molecule has 0 saturated carbocycles. The zero-order valence-corrected chi connectivity index (χ0v) is 15.0. The smallest absolute Gasteiger partial charge is 0.359 e. The number of hydrogen-bond donors (Lipinski definition) is 3. The molecular formula is C19H18N4O5. The van der Waals surface area contributed by atoms with Crippen LogP contribution >= 0.6 is 0 Å². The summed E-state index contributed by atoms with van der Waals surface area (Å²) in [5, 5.41) is 21.0. The average molecular weight is 382 g/mol. The second-order valence-corrected chi connectivity index (χ2v) is 5.78. The van der Waals surface area contributed by atoms with Crippen molar-refractivity contribution in [2.75, 3.05) is 13.2 Å². The van der Waals surface area contributed by atoms with E-state index in [1.807, 2.05) is 36.4 Å². The van der Waals surface area contributed by atoms with Gasteiger partial charge in [0.15, 0.2) is 0 Å². The number of carboxylic acid groups (broad SMARTS) is 1. The van der Waals surface area contributed by atoms with Gasteiger partial charge in [0.05, 0.1) is 6.54 Å². The standard InChI is InChI=1S/C19H18N4O5/c1-12(24)20-9-10-27-16-4-2-3-14(11-16)13-5-7-15(8-6-13)28-18-17(19(25)26)21-23-22-18/h2-8,11H,9-10H2,1H3,(H,20,24)(H,25,26)(H,21,22,23). The number of carbonyl (C=O) groups excluding carboxylic acids is 1. The number of H-pyrrole nitrogens is 1. The lowest BCUT2D eigenvalue weighted by Crippen LogP contribution is -2.25. The summed E-state index contributed by atoms with van der Waals surface area (Å²) in [5.41, 5.74) is 1.66. The minimum atomic E-state index is -1.20. The van der Waals surface area contributed by atoms with Crippen LogP contribution < -0.4 is 14.8 Å². The SMILES string of the molecule is CC(=O)NCCOc1cccc(-c2ccc(Oc3nn[nH]c3C(=O)O)cc2)c1. The van der Waals surface area contributed by atoms with E-state index in [2.05, 4.69) is 20.7 Å². The first-order valence-electron chi connectivity index (χ1n) is 8.43. The molecule has 3 rings (SSSR count). The summed E-state index contributed by atoms with van der Waals surface area (Å²) in [6, 6.07) is 14.6. The van der Waals surface area contributed by atoms with Gasteiger partial charge in [-0.2, -0.15) is 0 Å². The quantitative estimate of drug-likeness (QED) is 0.511. The van der Waals surface area contributed by atoms with Crippen LogP contribution in [0.5, 0.6) is 17.4 Å². The van der Waals surface area contributed by atoms with Crippen LogP contribution in [0.3, 0.4) is 0 Å². The van der Waals surface area contributed by atoms with Crippen molar-refractivity contribution in [2.45, 2.75) is 6.92 Å². The van der Waals surface area contributed by atoms with Gasteiger partial charge in [0.1, 0.15) is 18.1 Å². The van der Waals surface area contributed by atoms with E-state index in [4.69, 9.17) is 14.6 Å². The molecule has 9 heteroatoms. The molecule has 2 aromatic carbocycles. The Balaban J connectivity index is 1.66. The van der Waals surface area contributed by atoms with Gasteiger partial charge >= 0.3 is 5.97 Å². The van der Waals surface area contributed by atoms with Crippen molar-refractivity contribution in [2.24, 2.45) is 0 Å². The Labute approximate surface area is 160 Å². The van der Waals surface area contributed by atoms with Crippen LogP contribution in [0.25, 0.3) is 11.1 Å². The Hall–Kier alpha value is -3.88. The zero-order valence-electron chi connectivity index (χ0n) is 15.0. The number of nitrogens with one attached hydrogen (secondary N) is 2. The number of amides is 1. The Bertz CT molecular complexity index is 968. The molecule has 28 heavy (non-hydrogen) atoms. The Morgan fingerprint density at radius 2 is 1.89 bits per heavy atom. The van der Waals surface area contributed by atoms with E-state index in [-0.39, 0.29) is 17.5 Å². The Morgan fingerprint density at radius 3 is 2.61 bits per heavy atom. The van der Waals surface area contributed by atoms with Crippen LogP contribution in [0.2, 0.25) is 0 Å². The van der Waals surface area contributed by atoms with Crippen molar-refractivity contribution in [3.8, 4) is 28.5 Å². The predicted octanol–water partition coefficient (Wildman–Crippen LogP) is 2.48. The molecule has 3 N–H and O–H groups in total. The molecule has 0 unspecified atom stereocenters. The number of carboxylic acids is 1. The number of rotatable bonds is 8. The second kappa shape index (κ2) is 8.67. The van der Waals surface area contributed by atoms with E-state index in [0.29, 0.717) is 24.7 Å². The van der Waals surface area contributed by atoms with E-state index >= 15 is 0 Å². The molecule has 9 nitrogen and oxygen atoms in total. The average Bonchev–Trinajstić information content (AvgIpc) is 3.14. The fraction of sp³-hybridized carbons (Fsp3) is 0.158. The largest absolute Gasteiger partial charge is 0.492 e. The maximum atomic E-state index is 11.0. The van der Waals surface area contributed by atoms with E-state index < -0.39 is 5.97 Å². The number of benzene rings is 2. The Morgan fingerprint density at radius 1 is 1.11 bits per heavy atom. The molecule has 0 bridgehead atoms. The lowest BCUT2D eigenvalue weighted by atomic mass is 10.1. The number of aromatic amines is 1. The number of aromatic carboxylic acids is 1. The highest BCUT2D eigenvalue weighted by Crippen LogP contribution is 2.28. The molecule has 1 aromatic heterocycles. The fourth-order valence-corrected chi connectivity index (χ4v) is 2.42. The topological polar surface area (TPSA) is 126 Å². The lowest BCUT2D eigenvalue weighted by Gasteiger charge is -2.09. The molecule has 1 amide bonds. The first-order valence-corrected chi connectivity index (χ1v) is 8.43. The third-order valence-corrected chi connectivity index (χ3v) is 3.71. The molecule has 0 radical (unpaired) electrons. The van der Waals surface area contributed by atoms with E-state index in [9.17, 15) is 9.59 Å². The molecule has 0 aliphatic rings. The normalized spacial score (nSPS) is 10.3. The summed E-state index contributed by atoms with van der Waals surface area (Å²) in [6.45, 7) is 2.27. The first kappa shape index (κ1) is 18.9. The fourth-order valence-electron chi connectivity index (χ4n) is 2.42. The third-order valence-electron chi connectivity index (χ3n) is 3.71. The number of aromatic nitrogens is 3. The highest BCUT2D eigenvalue weighted by atomic mass is 16.5. The van der Waals surface area contributed by atoms with E-state index in [1.165, 1.54) is 6.92 Å². The monoisotopic (exact) mass is 382 g/mol. The molecule has 0 fully saturated rings. The molecule has 144 valence electrons. The zero-order chi connectivity index (χ0) is 19.9. The van der Waals surface area contributed by atoms with Crippen molar-refractivity contribution in [1.29, 1.82) is 0 Å². The summed E-state index contributed by atoms with van der Waals surface area (Å²) in [7, 11) is 0. The summed E-state index contributed by atoms with van der Waals surface area (Å²) in [4.78, 5) is 21.9. The number of ether oxygens (including phenoxy) is 2. The summed E-state index contributed by atoms with van der Waals surface area (Å²) >= 11 is 0. The summed E-state index contributed by atoms with van der Waals surface area (Å²) in [5.74, 6) is -0.276. The molecule has 0 spiro atoms. The van der Waals surface area contributed by atoms with Crippen LogP contribution in [0.1, 0.15) is 17.4 Å². The van der Waals surface area contributed by atoms with E-state index in [1.54, 1.807) is 12.1 Å². The van der Waals surface area contributed by atoms with Crippen molar-refractivity contribution in [1.82, 2.24) is 20.7 Å². The summed E-state index contributed by atoms with van der Waals surface area (Å²) < 4.78 is 11.1. The van der Waals surface area contributed by atoms with Crippen LogP contribution in [-0.2, 0) is 4.79 Å². The van der Waals surface area contributed by atoms with Gasteiger partial charge in [0, 0.05) is 6.92 Å². The molecule has 3 aromatic rings. The third kappa shape index (κ3) is 4.85. The van der Waals surface area contributed by atoms with Gasteiger partial charge in [-0.05, 0) is 35.4 Å². The van der Waals surface area contributed by atoms with Crippen LogP contribution in [0.4, 0.5) is 0 Å². The first-order chi connectivity index (χ1) is 13.5. The molecule has 0 atom stereocenters. The van der Waals surface area contributed by atoms with Crippen molar-refractivity contribution in [3.05, 3.63) is 54.2 Å². The van der Waals surface area contributed by atoms with Crippen molar-refractivity contribution < 1.29 is 24.2 Å². The van der Waals surface area contributed by atoms with E-state index in [0.717, 1.165) is 11.1 Å². The van der Waals surface area contributed by atoms with Crippen LogP contribution in [-0.4, -0.2) is 45.5 Å². The van der Waals surface area contributed by atoms with Gasteiger partial charge in [-0.3, -0.25) is 4.79 Å². The lowest BCUT2D eigenvalue weighted by molar-refractivity contribution is -0.119. The molecule has 0 saturated heterocycles. The number of hydrogen-bond acceptors (Lipinski definition) is 6. The molecule has 0 aliphatic heterocycles. The van der Waals surface area contributed by atoms with Crippen LogP contribution in [0.15, 0.2) is 48.5 Å². The highest BCUT2D eigenvalue weighted by Gasteiger charge is 2.16. The van der Waals surface area contributed by atoms with Gasteiger partial charge in [0.25, 0.3) is 5.88 Å². The predicted molar refractivity (Wildman–Crippen MR) is 99.5 cm³/mol. The second-order valence-electron chi connectivity index (χ2n) is 5.78. The van der Waals surface area contributed by atoms with Gasteiger partial charge < -0.3 is 19.9 Å².